The highest BCUT2D eigenvalue weighted by Crippen LogP contribution is 2.22. The summed E-state index contributed by atoms with van der Waals surface area (Å²) >= 11 is 0. The predicted molar refractivity (Wildman–Crippen MR) is 94.9 cm³/mol. The van der Waals surface area contributed by atoms with Gasteiger partial charge in [0.1, 0.15) is 5.82 Å². The molecule has 6 nitrogen and oxygen atoms in total. The van der Waals surface area contributed by atoms with E-state index in [4.69, 9.17) is 0 Å². The fourth-order valence-electron chi connectivity index (χ4n) is 2.73. The van der Waals surface area contributed by atoms with Crippen molar-refractivity contribution in [2.75, 3.05) is 13.1 Å². The SMILES string of the molecule is O=S(=O)(NCc1ccc(F)cc1)c1ccc(S(=O)(=O)N2CCCC2)cc1. The maximum absolute atomic E-state index is 12.9. The lowest BCUT2D eigenvalue weighted by atomic mass is 10.2. The zero-order valence-corrected chi connectivity index (χ0v) is 15.6. The molecule has 0 aliphatic carbocycles. The molecule has 1 heterocycles. The van der Waals surface area contributed by atoms with Gasteiger partial charge in [0.2, 0.25) is 20.0 Å². The Morgan fingerprint density at radius 1 is 0.846 bits per heavy atom. The van der Waals surface area contributed by atoms with Crippen molar-refractivity contribution in [1.82, 2.24) is 9.03 Å². The van der Waals surface area contributed by atoms with Crippen LogP contribution in [-0.2, 0) is 26.6 Å². The van der Waals surface area contributed by atoms with Gasteiger partial charge in [-0.2, -0.15) is 4.31 Å². The fraction of sp³-hybridized carbons (Fsp3) is 0.294. The van der Waals surface area contributed by atoms with E-state index in [2.05, 4.69) is 4.72 Å². The molecule has 0 bridgehead atoms. The van der Waals surface area contributed by atoms with Crippen LogP contribution in [0.5, 0.6) is 0 Å². The van der Waals surface area contributed by atoms with Gasteiger partial charge in [0.15, 0.2) is 0 Å². The zero-order valence-electron chi connectivity index (χ0n) is 13.9. The fourth-order valence-corrected chi connectivity index (χ4v) is 5.27. The van der Waals surface area contributed by atoms with Gasteiger partial charge in [0.25, 0.3) is 0 Å². The van der Waals surface area contributed by atoms with E-state index >= 15 is 0 Å². The highest BCUT2D eigenvalue weighted by Gasteiger charge is 2.27. The number of benzene rings is 2. The Morgan fingerprint density at radius 3 is 1.96 bits per heavy atom. The van der Waals surface area contributed by atoms with Crippen molar-refractivity contribution in [3.05, 3.63) is 59.9 Å². The summed E-state index contributed by atoms with van der Waals surface area (Å²) in [5, 5.41) is 0. The molecular formula is C17H19FN2O4S2. The van der Waals surface area contributed by atoms with Gasteiger partial charge in [-0.05, 0) is 54.8 Å². The summed E-state index contributed by atoms with van der Waals surface area (Å²) in [5.41, 5.74) is 0.614. The summed E-state index contributed by atoms with van der Waals surface area (Å²) in [5.74, 6) is -0.397. The van der Waals surface area contributed by atoms with Crippen molar-refractivity contribution >= 4 is 20.0 Å². The topological polar surface area (TPSA) is 83.5 Å². The largest absolute Gasteiger partial charge is 0.243 e. The quantitative estimate of drug-likeness (QED) is 0.808. The summed E-state index contributed by atoms with van der Waals surface area (Å²) in [6.07, 6.45) is 1.66. The Bertz CT molecular complexity index is 966. The molecule has 0 aromatic heterocycles. The normalized spacial score (nSPS) is 16.0. The summed E-state index contributed by atoms with van der Waals surface area (Å²) in [6, 6.07) is 10.6. The third-order valence-electron chi connectivity index (χ3n) is 4.22. The minimum Gasteiger partial charge on any atom is -0.207 e. The molecule has 2 aromatic rings. The number of hydrogen-bond donors (Lipinski definition) is 1. The van der Waals surface area contributed by atoms with Crippen LogP contribution in [-0.4, -0.2) is 34.2 Å². The highest BCUT2D eigenvalue weighted by molar-refractivity contribution is 7.89. The molecule has 1 aliphatic rings. The Kier molecular flexibility index (Phi) is 5.42. The molecule has 0 spiro atoms. The van der Waals surface area contributed by atoms with Crippen LogP contribution in [0, 0.1) is 5.82 Å². The van der Waals surface area contributed by atoms with Crippen molar-refractivity contribution < 1.29 is 21.2 Å². The lowest BCUT2D eigenvalue weighted by Crippen LogP contribution is -2.28. The number of nitrogens with one attached hydrogen (secondary N) is 1. The summed E-state index contributed by atoms with van der Waals surface area (Å²) in [6.45, 7) is 0.986. The molecular weight excluding hydrogens is 379 g/mol. The maximum atomic E-state index is 12.9. The molecule has 1 fully saturated rings. The summed E-state index contributed by atoms with van der Waals surface area (Å²) in [4.78, 5) is 0.0527. The Hall–Kier alpha value is -1.81. The van der Waals surface area contributed by atoms with Crippen LogP contribution in [0.1, 0.15) is 18.4 Å². The maximum Gasteiger partial charge on any atom is 0.243 e. The van der Waals surface area contributed by atoms with Gasteiger partial charge in [-0.25, -0.2) is 25.9 Å². The van der Waals surface area contributed by atoms with E-state index in [-0.39, 0.29) is 16.3 Å². The number of rotatable bonds is 6. The second-order valence-corrected chi connectivity index (χ2v) is 9.74. The van der Waals surface area contributed by atoms with Crippen LogP contribution in [0.25, 0.3) is 0 Å². The molecule has 0 amide bonds. The van der Waals surface area contributed by atoms with Crippen molar-refractivity contribution in [2.24, 2.45) is 0 Å². The van der Waals surface area contributed by atoms with E-state index in [1.54, 1.807) is 0 Å². The molecule has 1 N–H and O–H groups in total. The standard InChI is InChI=1S/C17H19FN2O4S2/c18-15-5-3-14(4-6-15)13-19-25(21,22)16-7-9-17(10-8-16)26(23,24)20-11-1-2-12-20/h3-10,19H,1-2,11-13H2. The number of nitrogens with zero attached hydrogens (tertiary/aromatic N) is 1. The first-order chi connectivity index (χ1) is 12.3. The third-order valence-corrected chi connectivity index (χ3v) is 7.55. The van der Waals surface area contributed by atoms with Gasteiger partial charge in [0, 0.05) is 19.6 Å². The van der Waals surface area contributed by atoms with E-state index in [1.807, 2.05) is 0 Å². The second-order valence-electron chi connectivity index (χ2n) is 6.03. The minimum absolute atomic E-state index is 0.0104. The molecule has 26 heavy (non-hydrogen) atoms. The molecule has 0 unspecified atom stereocenters. The van der Waals surface area contributed by atoms with Gasteiger partial charge in [-0.3, -0.25) is 0 Å². The first-order valence-corrected chi connectivity index (χ1v) is 11.1. The van der Waals surface area contributed by atoms with E-state index < -0.39 is 25.9 Å². The smallest absolute Gasteiger partial charge is 0.207 e. The van der Waals surface area contributed by atoms with Crippen LogP contribution in [0.3, 0.4) is 0 Å². The molecule has 0 radical (unpaired) electrons. The van der Waals surface area contributed by atoms with Gasteiger partial charge in [-0.1, -0.05) is 12.1 Å². The van der Waals surface area contributed by atoms with Crippen molar-refractivity contribution in [3.63, 3.8) is 0 Å². The first-order valence-electron chi connectivity index (χ1n) is 8.13. The Balaban J connectivity index is 1.73. The van der Waals surface area contributed by atoms with Crippen LogP contribution in [0.2, 0.25) is 0 Å². The molecule has 3 rings (SSSR count). The number of hydrogen-bond acceptors (Lipinski definition) is 4. The van der Waals surface area contributed by atoms with Crippen LogP contribution in [0.4, 0.5) is 4.39 Å². The van der Waals surface area contributed by atoms with E-state index in [1.165, 1.54) is 52.8 Å². The molecule has 2 aromatic carbocycles. The predicted octanol–water partition coefficient (Wildman–Crippen LogP) is 2.09. The van der Waals surface area contributed by atoms with Gasteiger partial charge >= 0.3 is 0 Å². The van der Waals surface area contributed by atoms with Crippen molar-refractivity contribution in [1.29, 1.82) is 0 Å². The molecule has 1 aliphatic heterocycles. The first kappa shape index (κ1) is 19.0. The number of sulfonamides is 2. The lowest BCUT2D eigenvalue weighted by Gasteiger charge is -2.15. The molecule has 0 saturated carbocycles. The van der Waals surface area contributed by atoms with Crippen LogP contribution >= 0.6 is 0 Å². The molecule has 9 heteroatoms. The van der Waals surface area contributed by atoms with Gasteiger partial charge < -0.3 is 0 Å². The van der Waals surface area contributed by atoms with Crippen LogP contribution < -0.4 is 4.72 Å². The van der Waals surface area contributed by atoms with E-state index in [0.29, 0.717) is 18.7 Å². The summed E-state index contributed by atoms with van der Waals surface area (Å²) < 4.78 is 66.3. The van der Waals surface area contributed by atoms with Crippen LogP contribution in [0.15, 0.2) is 58.3 Å². The van der Waals surface area contributed by atoms with Gasteiger partial charge in [-0.15, -0.1) is 0 Å². The highest BCUT2D eigenvalue weighted by atomic mass is 32.2. The lowest BCUT2D eigenvalue weighted by molar-refractivity contribution is 0.477. The Morgan fingerprint density at radius 2 is 1.38 bits per heavy atom. The zero-order chi connectivity index (χ0) is 18.8. The minimum atomic E-state index is -3.80. The molecule has 0 atom stereocenters. The monoisotopic (exact) mass is 398 g/mol. The Labute approximate surface area is 152 Å². The van der Waals surface area contributed by atoms with Crippen molar-refractivity contribution in [3.8, 4) is 0 Å². The summed E-state index contributed by atoms with van der Waals surface area (Å²) in [7, 11) is -7.38. The van der Waals surface area contributed by atoms with E-state index in [0.717, 1.165) is 12.8 Å². The van der Waals surface area contributed by atoms with Crippen molar-refractivity contribution in [2.45, 2.75) is 29.2 Å². The average molecular weight is 398 g/mol. The second kappa shape index (κ2) is 7.43. The van der Waals surface area contributed by atoms with Gasteiger partial charge in [0.05, 0.1) is 9.79 Å². The third kappa shape index (κ3) is 4.12. The van der Waals surface area contributed by atoms with E-state index in [9.17, 15) is 21.2 Å². The average Bonchev–Trinajstić information content (AvgIpc) is 3.17. The molecule has 1 saturated heterocycles. The number of halogens is 1. The molecule has 140 valence electrons.